The van der Waals surface area contributed by atoms with Gasteiger partial charge in [0.15, 0.2) is 0 Å². The number of hydrogen-bond acceptors (Lipinski definition) is 3. The summed E-state index contributed by atoms with van der Waals surface area (Å²) in [5, 5.41) is 0. The monoisotopic (exact) mass is 338 g/mol. The van der Waals surface area contributed by atoms with Gasteiger partial charge in [-0.05, 0) is 32.5 Å². The molecule has 0 fully saturated rings. The number of hydrogen-bond donors (Lipinski definition) is 1. The molecule has 0 saturated carbocycles. The number of fused-ring (bicyclic) bond motifs is 1. The zero-order valence-corrected chi connectivity index (χ0v) is 15.6. The molecular formula is C20H26N4O. The van der Waals surface area contributed by atoms with Crippen molar-refractivity contribution in [3.05, 3.63) is 59.4 Å². The summed E-state index contributed by atoms with van der Waals surface area (Å²) in [6, 6.07) is 12.3. The fraction of sp³-hybridized carbons (Fsp3) is 0.300. The number of imidazole rings is 1. The third-order valence-corrected chi connectivity index (χ3v) is 4.01. The van der Waals surface area contributed by atoms with Gasteiger partial charge in [0.25, 0.3) is 0 Å². The minimum Gasteiger partial charge on any atom is -0.348 e. The Morgan fingerprint density at radius 1 is 1.04 bits per heavy atom. The van der Waals surface area contributed by atoms with Crippen molar-refractivity contribution in [1.29, 1.82) is 0 Å². The molecule has 132 valence electrons. The Morgan fingerprint density at radius 2 is 1.64 bits per heavy atom. The van der Waals surface area contributed by atoms with Crippen molar-refractivity contribution < 1.29 is 4.79 Å². The van der Waals surface area contributed by atoms with E-state index >= 15 is 0 Å². The Hall–Kier alpha value is -2.66. The molecule has 0 saturated heterocycles. The van der Waals surface area contributed by atoms with Gasteiger partial charge in [-0.2, -0.15) is 0 Å². The van der Waals surface area contributed by atoms with Crippen LogP contribution < -0.4 is 5.73 Å². The highest BCUT2D eigenvalue weighted by Gasteiger charge is 2.18. The average molecular weight is 338 g/mol. The minimum atomic E-state index is 0.0710. The van der Waals surface area contributed by atoms with E-state index in [1.165, 1.54) is 12.6 Å². The molecule has 25 heavy (non-hydrogen) atoms. The first kappa shape index (κ1) is 18.7. The van der Waals surface area contributed by atoms with Gasteiger partial charge in [-0.1, -0.05) is 35.9 Å². The second kappa shape index (κ2) is 7.94. The number of likely N-dealkylation sites (N-methyl/N-ethyl adjacent to an activating group) is 1. The Bertz CT molecular complexity index is 863. The van der Waals surface area contributed by atoms with E-state index in [0.29, 0.717) is 6.42 Å². The van der Waals surface area contributed by atoms with E-state index < -0.39 is 0 Å². The van der Waals surface area contributed by atoms with Crippen LogP contribution in [0.2, 0.25) is 0 Å². The Labute approximate surface area is 149 Å². The molecule has 0 unspecified atom stereocenters. The zero-order chi connectivity index (χ0) is 18.6. The molecule has 2 N–H and O–H groups in total. The fourth-order valence-electron chi connectivity index (χ4n) is 2.61. The van der Waals surface area contributed by atoms with Crippen molar-refractivity contribution in [1.82, 2.24) is 14.3 Å². The second-order valence-electron chi connectivity index (χ2n) is 6.17. The van der Waals surface area contributed by atoms with Crippen LogP contribution in [0, 0.1) is 13.8 Å². The molecule has 3 aromatic rings. The number of carbonyl (C=O) groups excluding carboxylic acids is 1. The van der Waals surface area contributed by atoms with Crippen LogP contribution in [0.4, 0.5) is 0 Å². The predicted molar refractivity (Wildman–Crippen MR) is 103 cm³/mol. The van der Waals surface area contributed by atoms with Gasteiger partial charge in [-0.3, -0.25) is 4.79 Å². The van der Waals surface area contributed by atoms with E-state index in [1.54, 1.807) is 19.0 Å². The maximum atomic E-state index is 12.3. The molecule has 0 bridgehead atoms. The maximum absolute atomic E-state index is 12.3. The molecule has 0 atom stereocenters. The quantitative estimate of drug-likeness (QED) is 0.799. The lowest BCUT2D eigenvalue weighted by Gasteiger charge is -2.11. The van der Waals surface area contributed by atoms with Gasteiger partial charge in [-0.15, -0.1) is 0 Å². The van der Waals surface area contributed by atoms with E-state index in [2.05, 4.69) is 36.9 Å². The molecule has 2 heterocycles. The fourth-order valence-corrected chi connectivity index (χ4v) is 2.61. The summed E-state index contributed by atoms with van der Waals surface area (Å²) < 4.78 is 2.03. The first-order valence-electron chi connectivity index (χ1n) is 8.28. The van der Waals surface area contributed by atoms with Crippen molar-refractivity contribution in [3.63, 3.8) is 0 Å². The summed E-state index contributed by atoms with van der Waals surface area (Å²) in [5.74, 6) is 0.0710. The topological polar surface area (TPSA) is 63.6 Å². The van der Waals surface area contributed by atoms with Crippen LogP contribution in [0.25, 0.3) is 16.9 Å². The summed E-state index contributed by atoms with van der Waals surface area (Å²) in [6.45, 7) is 4.11. The maximum Gasteiger partial charge on any atom is 0.228 e. The number of rotatable bonds is 3. The lowest BCUT2D eigenvalue weighted by molar-refractivity contribution is -0.128. The lowest BCUT2D eigenvalue weighted by atomic mass is 10.1. The van der Waals surface area contributed by atoms with Crippen LogP contribution in [-0.4, -0.2) is 41.3 Å². The predicted octanol–water partition coefficient (Wildman–Crippen LogP) is 2.82. The Morgan fingerprint density at radius 3 is 2.24 bits per heavy atom. The third kappa shape index (κ3) is 4.06. The highest BCUT2D eigenvalue weighted by molar-refractivity contribution is 5.81. The second-order valence-corrected chi connectivity index (χ2v) is 6.17. The average Bonchev–Trinajstić information content (AvgIpc) is 2.95. The van der Waals surface area contributed by atoms with Crippen molar-refractivity contribution in [2.75, 3.05) is 21.1 Å². The van der Waals surface area contributed by atoms with E-state index in [0.717, 1.165) is 28.2 Å². The molecule has 1 amide bonds. The summed E-state index contributed by atoms with van der Waals surface area (Å²) in [6.07, 6.45) is 2.37. The van der Waals surface area contributed by atoms with Crippen molar-refractivity contribution >= 4 is 11.6 Å². The van der Waals surface area contributed by atoms with Gasteiger partial charge in [0.05, 0.1) is 17.8 Å². The molecule has 0 spiro atoms. The number of benzene rings is 1. The molecule has 3 rings (SSSR count). The summed E-state index contributed by atoms with van der Waals surface area (Å²) in [7, 11) is 5.06. The highest BCUT2D eigenvalue weighted by Crippen LogP contribution is 2.26. The van der Waals surface area contributed by atoms with Crippen LogP contribution in [0.1, 0.15) is 16.8 Å². The first-order valence-corrected chi connectivity index (χ1v) is 8.28. The SMILES string of the molecule is CN.Cc1ccc(-c2nc3ccc(C)cn3c2CC(=O)N(C)C)cc1. The number of carbonyl (C=O) groups is 1. The Balaban J connectivity index is 0.00000109. The van der Waals surface area contributed by atoms with E-state index in [1.807, 2.05) is 29.7 Å². The third-order valence-electron chi connectivity index (χ3n) is 4.01. The van der Waals surface area contributed by atoms with Gasteiger partial charge in [0.2, 0.25) is 5.91 Å². The van der Waals surface area contributed by atoms with Crippen LogP contribution in [-0.2, 0) is 11.2 Å². The largest absolute Gasteiger partial charge is 0.348 e. The van der Waals surface area contributed by atoms with Crippen LogP contribution in [0.15, 0.2) is 42.6 Å². The van der Waals surface area contributed by atoms with Gasteiger partial charge < -0.3 is 15.0 Å². The van der Waals surface area contributed by atoms with Gasteiger partial charge in [0.1, 0.15) is 5.65 Å². The number of nitrogens with zero attached hydrogens (tertiary/aromatic N) is 3. The molecule has 0 radical (unpaired) electrons. The first-order chi connectivity index (χ1) is 12.0. The highest BCUT2D eigenvalue weighted by atomic mass is 16.2. The van der Waals surface area contributed by atoms with Crippen molar-refractivity contribution in [2.45, 2.75) is 20.3 Å². The molecule has 1 aromatic carbocycles. The van der Waals surface area contributed by atoms with E-state index in [-0.39, 0.29) is 5.91 Å². The zero-order valence-electron chi connectivity index (χ0n) is 15.6. The number of amides is 1. The molecule has 2 aromatic heterocycles. The number of aryl methyl sites for hydroxylation is 2. The van der Waals surface area contributed by atoms with Crippen LogP contribution in [0.5, 0.6) is 0 Å². The molecule has 0 aliphatic carbocycles. The molecular weight excluding hydrogens is 312 g/mol. The number of nitrogens with two attached hydrogens (primary N) is 1. The molecule has 0 aliphatic rings. The summed E-state index contributed by atoms with van der Waals surface area (Å²) in [5.41, 5.74) is 10.6. The molecule has 0 aliphatic heterocycles. The summed E-state index contributed by atoms with van der Waals surface area (Å²) >= 11 is 0. The molecule has 5 heteroatoms. The van der Waals surface area contributed by atoms with Gasteiger partial charge in [0, 0.05) is 25.9 Å². The minimum absolute atomic E-state index is 0.0710. The number of pyridine rings is 1. The van der Waals surface area contributed by atoms with Crippen LogP contribution in [0.3, 0.4) is 0 Å². The van der Waals surface area contributed by atoms with E-state index in [9.17, 15) is 4.79 Å². The van der Waals surface area contributed by atoms with Gasteiger partial charge >= 0.3 is 0 Å². The lowest BCUT2D eigenvalue weighted by Crippen LogP contribution is -2.24. The van der Waals surface area contributed by atoms with Crippen molar-refractivity contribution in [3.8, 4) is 11.3 Å². The van der Waals surface area contributed by atoms with Crippen molar-refractivity contribution in [2.24, 2.45) is 5.73 Å². The smallest absolute Gasteiger partial charge is 0.228 e. The Kier molecular flexibility index (Phi) is 5.93. The summed E-state index contributed by atoms with van der Waals surface area (Å²) in [4.78, 5) is 18.6. The normalized spacial score (nSPS) is 10.3. The van der Waals surface area contributed by atoms with Gasteiger partial charge in [-0.25, -0.2) is 4.98 Å². The van der Waals surface area contributed by atoms with E-state index in [4.69, 9.17) is 4.98 Å². The van der Waals surface area contributed by atoms with Crippen LogP contribution >= 0.6 is 0 Å². The standard InChI is InChI=1S/C19H21N3O.CH5N/c1-13-5-8-15(9-6-13)19-16(11-18(23)21(3)4)22-12-14(2)7-10-17(22)20-19;1-2/h5-10,12H,11H2,1-4H3;2H2,1H3. The number of aromatic nitrogens is 2. The molecule has 5 nitrogen and oxygen atoms in total.